The summed E-state index contributed by atoms with van der Waals surface area (Å²) in [7, 11) is 1.27. The summed E-state index contributed by atoms with van der Waals surface area (Å²) in [5.74, 6) is -0.865. The lowest BCUT2D eigenvalue weighted by atomic mass is 10.1. The minimum absolute atomic E-state index is 0.0221. The Labute approximate surface area is 166 Å². The summed E-state index contributed by atoms with van der Waals surface area (Å²) >= 11 is 17.1. The summed E-state index contributed by atoms with van der Waals surface area (Å²) in [5.41, 5.74) is -1.04. The SMILES string of the molecule is COc1ccc(C(=O)n2c(=S)[nH]c3c(Cl)cc(Cl)cc3c2=O)cc1[N+](=O)[O-]. The molecule has 8 nitrogen and oxygen atoms in total. The van der Waals surface area contributed by atoms with Crippen molar-refractivity contribution in [2.24, 2.45) is 0 Å². The summed E-state index contributed by atoms with van der Waals surface area (Å²) < 4.78 is 5.38. The second-order valence-electron chi connectivity index (χ2n) is 5.33. The average Bonchev–Trinajstić information content (AvgIpc) is 2.62. The number of hydrogen-bond acceptors (Lipinski definition) is 6. The number of nitrogens with zero attached hydrogens (tertiary/aromatic N) is 2. The third kappa shape index (κ3) is 3.32. The van der Waals surface area contributed by atoms with E-state index < -0.39 is 22.1 Å². The molecule has 0 aliphatic rings. The van der Waals surface area contributed by atoms with E-state index in [1.54, 1.807) is 0 Å². The van der Waals surface area contributed by atoms with Gasteiger partial charge in [-0.3, -0.25) is 19.7 Å². The molecular weight excluding hydrogens is 417 g/mol. The molecular formula is C16H9Cl2N3O5S. The van der Waals surface area contributed by atoms with Gasteiger partial charge in [0.2, 0.25) is 0 Å². The van der Waals surface area contributed by atoms with Gasteiger partial charge in [0.25, 0.3) is 11.5 Å². The molecule has 0 radical (unpaired) electrons. The van der Waals surface area contributed by atoms with Crippen molar-refractivity contribution in [2.45, 2.75) is 0 Å². The van der Waals surface area contributed by atoms with Crippen molar-refractivity contribution in [1.29, 1.82) is 0 Å². The second-order valence-corrected chi connectivity index (χ2v) is 6.56. The number of benzene rings is 2. The van der Waals surface area contributed by atoms with Crippen LogP contribution in [0.5, 0.6) is 5.75 Å². The smallest absolute Gasteiger partial charge is 0.311 e. The van der Waals surface area contributed by atoms with Crippen LogP contribution in [0.1, 0.15) is 10.4 Å². The molecule has 1 N–H and O–H groups in total. The van der Waals surface area contributed by atoms with Gasteiger partial charge in [0.05, 0.1) is 28.0 Å². The standard InChI is InChI=1S/C16H9Cl2N3O5S/c1-26-12-3-2-7(4-11(12)21(24)25)14(22)20-15(23)9-5-8(17)6-10(18)13(9)19-16(20)27/h2-6H,1H3,(H,19,27). The molecule has 1 heterocycles. The van der Waals surface area contributed by atoms with Gasteiger partial charge < -0.3 is 9.72 Å². The molecule has 138 valence electrons. The molecule has 0 aliphatic heterocycles. The largest absolute Gasteiger partial charge is 0.490 e. The molecule has 3 rings (SSSR count). The number of methoxy groups -OCH3 is 1. The first-order valence-corrected chi connectivity index (χ1v) is 8.42. The molecule has 0 atom stereocenters. The molecule has 0 saturated carbocycles. The van der Waals surface area contributed by atoms with E-state index in [9.17, 15) is 19.7 Å². The van der Waals surface area contributed by atoms with Gasteiger partial charge in [-0.1, -0.05) is 23.2 Å². The monoisotopic (exact) mass is 425 g/mol. The highest BCUT2D eigenvalue weighted by Crippen LogP contribution is 2.28. The molecule has 0 spiro atoms. The summed E-state index contributed by atoms with van der Waals surface area (Å²) in [6.45, 7) is 0. The average molecular weight is 426 g/mol. The van der Waals surface area contributed by atoms with Crippen LogP contribution in [-0.2, 0) is 0 Å². The van der Waals surface area contributed by atoms with Crippen LogP contribution in [0.2, 0.25) is 10.0 Å². The van der Waals surface area contributed by atoms with Gasteiger partial charge in [-0.2, -0.15) is 0 Å². The van der Waals surface area contributed by atoms with Gasteiger partial charge >= 0.3 is 5.69 Å². The fourth-order valence-electron chi connectivity index (χ4n) is 2.52. The number of aromatic nitrogens is 2. The van der Waals surface area contributed by atoms with Crippen LogP contribution in [0.3, 0.4) is 0 Å². The first-order valence-electron chi connectivity index (χ1n) is 7.26. The van der Waals surface area contributed by atoms with Gasteiger partial charge in [0, 0.05) is 16.7 Å². The minimum Gasteiger partial charge on any atom is -0.490 e. The first kappa shape index (κ1) is 19.0. The van der Waals surface area contributed by atoms with Crippen molar-refractivity contribution >= 4 is 57.9 Å². The van der Waals surface area contributed by atoms with Crippen LogP contribution in [0.15, 0.2) is 35.1 Å². The number of carbonyl (C=O) groups excluding carboxylic acids is 1. The molecule has 11 heteroatoms. The number of hydrogen-bond donors (Lipinski definition) is 1. The molecule has 27 heavy (non-hydrogen) atoms. The van der Waals surface area contributed by atoms with Crippen LogP contribution in [0, 0.1) is 14.9 Å². The summed E-state index contributed by atoms with van der Waals surface area (Å²) in [5, 5.41) is 11.6. The predicted molar refractivity (Wildman–Crippen MR) is 103 cm³/mol. The van der Waals surface area contributed by atoms with Crippen LogP contribution in [0.4, 0.5) is 5.69 Å². The Bertz CT molecular complexity index is 1240. The van der Waals surface area contributed by atoms with E-state index in [2.05, 4.69) is 4.98 Å². The number of carbonyl (C=O) groups is 1. The lowest BCUT2D eigenvalue weighted by molar-refractivity contribution is -0.385. The molecule has 0 unspecified atom stereocenters. The first-order chi connectivity index (χ1) is 12.7. The van der Waals surface area contributed by atoms with Crippen LogP contribution >= 0.6 is 35.4 Å². The van der Waals surface area contributed by atoms with Crippen molar-refractivity contribution in [3.63, 3.8) is 0 Å². The Kier molecular flexibility index (Phi) is 5.01. The normalized spacial score (nSPS) is 10.8. The maximum atomic E-state index is 12.8. The van der Waals surface area contributed by atoms with Crippen LogP contribution in [-0.4, -0.2) is 27.5 Å². The van der Waals surface area contributed by atoms with E-state index in [4.69, 9.17) is 40.2 Å². The fourth-order valence-corrected chi connectivity index (χ4v) is 3.33. The number of nitro benzene ring substituents is 1. The lowest BCUT2D eigenvalue weighted by Gasteiger charge is -2.09. The zero-order valence-electron chi connectivity index (χ0n) is 13.5. The van der Waals surface area contributed by atoms with E-state index in [-0.39, 0.29) is 37.0 Å². The van der Waals surface area contributed by atoms with Gasteiger partial charge in [-0.05, 0) is 36.5 Å². The van der Waals surface area contributed by atoms with Crippen LogP contribution in [0.25, 0.3) is 10.9 Å². The highest BCUT2D eigenvalue weighted by atomic mass is 35.5. The van der Waals surface area contributed by atoms with E-state index >= 15 is 0 Å². The Balaban J connectivity index is 2.26. The maximum Gasteiger partial charge on any atom is 0.311 e. The fraction of sp³-hybridized carbons (Fsp3) is 0.0625. The number of halogens is 2. The van der Waals surface area contributed by atoms with Gasteiger partial charge in [-0.15, -0.1) is 0 Å². The highest BCUT2D eigenvalue weighted by Gasteiger charge is 2.21. The van der Waals surface area contributed by atoms with Crippen molar-refractivity contribution in [3.05, 3.63) is 71.2 Å². The van der Waals surface area contributed by atoms with E-state index in [1.807, 2.05) is 0 Å². The van der Waals surface area contributed by atoms with Crippen molar-refractivity contribution in [1.82, 2.24) is 9.55 Å². The van der Waals surface area contributed by atoms with Crippen molar-refractivity contribution in [2.75, 3.05) is 7.11 Å². The molecule has 1 aromatic heterocycles. The van der Waals surface area contributed by atoms with Crippen molar-refractivity contribution in [3.8, 4) is 5.75 Å². The van der Waals surface area contributed by atoms with Gasteiger partial charge in [0.1, 0.15) is 0 Å². The predicted octanol–water partition coefficient (Wildman–Crippen LogP) is 3.97. The van der Waals surface area contributed by atoms with Crippen LogP contribution < -0.4 is 10.3 Å². The third-order valence-corrected chi connectivity index (χ3v) is 4.55. The summed E-state index contributed by atoms with van der Waals surface area (Å²) in [6, 6.07) is 6.34. The zero-order valence-corrected chi connectivity index (χ0v) is 15.8. The Morgan fingerprint density at radius 2 is 2.00 bits per heavy atom. The quantitative estimate of drug-likeness (QED) is 0.386. The number of aromatic amines is 1. The maximum absolute atomic E-state index is 12.8. The molecule has 0 saturated heterocycles. The van der Waals surface area contributed by atoms with Gasteiger partial charge in [-0.25, -0.2) is 4.57 Å². The van der Waals surface area contributed by atoms with E-state index in [1.165, 1.54) is 31.4 Å². The van der Waals surface area contributed by atoms with E-state index in [0.29, 0.717) is 4.57 Å². The molecule has 0 amide bonds. The third-order valence-electron chi connectivity index (χ3n) is 3.75. The van der Waals surface area contributed by atoms with Gasteiger partial charge in [0.15, 0.2) is 10.5 Å². The number of fused-ring (bicyclic) bond motifs is 1. The Hall–Kier alpha value is -2.75. The van der Waals surface area contributed by atoms with Crippen molar-refractivity contribution < 1.29 is 14.5 Å². The molecule has 0 fully saturated rings. The summed E-state index contributed by atoms with van der Waals surface area (Å²) in [4.78, 5) is 38.8. The second kappa shape index (κ2) is 7.10. The minimum atomic E-state index is -0.843. The molecule has 2 aromatic carbocycles. The Morgan fingerprint density at radius 3 is 2.63 bits per heavy atom. The molecule has 0 bridgehead atoms. The topological polar surface area (TPSA) is 107 Å². The lowest BCUT2D eigenvalue weighted by Crippen LogP contribution is -2.29. The Morgan fingerprint density at radius 1 is 1.30 bits per heavy atom. The zero-order chi connectivity index (χ0) is 19.9. The molecule has 0 aliphatic carbocycles. The highest BCUT2D eigenvalue weighted by molar-refractivity contribution is 7.71. The number of nitro groups is 1. The summed E-state index contributed by atoms with van der Waals surface area (Å²) in [6.07, 6.45) is 0. The number of rotatable bonds is 3. The molecule has 3 aromatic rings. The number of ether oxygens (including phenoxy) is 1. The van der Waals surface area contributed by atoms with E-state index in [0.717, 1.165) is 6.07 Å². The number of H-pyrrole nitrogens is 1. The number of nitrogens with one attached hydrogen (secondary N) is 1.